The minimum absolute atomic E-state index is 0.0393. The van der Waals surface area contributed by atoms with Crippen LogP contribution in [0.1, 0.15) is 18.4 Å². The number of sulfonamides is 1. The average molecular weight is 472 g/mol. The normalized spacial score (nSPS) is 19.9. The quantitative estimate of drug-likeness (QED) is 0.279. The fraction of sp³-hybridized carbons (Fsp3) is 0.286. The number of hydrogen-bond donors (Lipinski definition) is 1. The molecule has 1 N–H and O–H groups in total. The molecule has 0 aromatic heterocycles. The number of ether oxygens (including phenoxy) is 1. The van der Waals surface area contributed by atoms with Crippen LogP contribution in [0.15, 0.2) is 58.4 Å². The molecule has 0 radical (unpaired) electrons. The van der Waals surface area contributed by atoms with Gasteiger partial charge in [-0.25, -0.2) is 8.42 Å². The molecule has 2 aromatic rings. The largest absolute Gasteiger partial charge is 0.465 e. The molecular weight excluding hydrogens is 452 g/mol. The zero-order valence-electron chi connectivity index (χ0n) is 17.3. The number of nitrogens with one attached hydrogen (secondary N) is 1. The number of non-ortho nitro benzene ring substituents is 1. The maximum atomic E-state index is 12.4. The summed E-state index contributed by atoms with van der Waals surface area (Å²) in [5, 5.41) is 11.0. The van der Waals surface area contributed by atoms with Crippen molar-refractivity contribution in [2.24, 2.45) is 10.9 Å². The van der Waals surface area contributed by atoms with Crippen LogP contribution in [-0.4, -0.2) is 50.7 Å². The number of aliphatic imine (C=N–C) groups is 1. The van der Waals surface area contributed by atoms with Crippen LogP contribution in [0, 0.1) is 16.0 Å². The third-order valence-corrected chi connectivity index (χ3v) is 6.69. The first kappa shape index (κ1) is 22.4. The fourth-order valence-electron chi connectivity index (χ4n) is 3.69. The van der Waals surface area contributed by atoms with E-state index in [-0.39, 0.29) is 48.4 Å². The van der Waals surface area contributed by atoms with E-state index in [1.807, 2.05) is 0 Å². The number of esters is 1. The zero-order valence-corrected chi connectivity index (χ0v) is 18.2. The van der Waals surface area contributed by atoms with Crippen molar-refractivity contribution in [3.8, 4) is 0 Å². The van der Waals surface area contributed by atoms with Crippen LogP contribution in [0.5, 0.6) is 0 Å². The van der Waals surface area contributed by atoms with Gasteiger partial charge in [-0.1, -0.05) is 18.2 Å². The van der Waals surface area contributed by atoms with Gasteiger partial charge in [-0.05, 0) is 18.2 Å². The fourth-order valence-corrected chi connectivity index (χ4v) is 4.94. The maximum Gasteiger partial charge on any atom is 0.311 e. The van der Waals surface area contributed by atoms with E-state index in [9.17, 15) is 28.1 Å². The number of nitro benzene ring substituents is 1. The first-order chi connectivity index (χ1) is 15.8. The summed E-state index contributed by atoms with van der Waals surface area (Å²) in [5.74, 6) is -1.26. The standard InChI is InChI=1S/C21H20N4O7S/c26-19-11-14(13-24(19)15-5-3-6-16(12-15)25(28)29)21(27)32-10-4-9-22-20-17-7-1-2-8-18(17)33(30,31)23-20/h1-3,5-8,12,14H,4,9-11,13H2,(H,22,23)/t14-/m0/s1. The van der Waals surface area contributed by atoms with Crippen molar-refractivity contribution < 1.29 is 27.7 Å². The summed E-state index contributed by atoms with van der Waals surface area (Å²) in [6.07, 6.45) is 0.330. The van der Waals surface area contributed by atoms with Crippen molar-refractivity contribution in [1.82, 2.24) is 4.72 Å². The molecule has 1 atom stereocenters. The second-order valence-corrected chi connectivity index (χ2v) is 9.19. The van der Waals surface area contributed by atoms with Crippen molar-refractivity contribution >= 4 is 39.1 Å². The number of carbonyl (C=O) groups is 2. The summed E-state index contributed by atoms with van der Waals surface area (Å²) < 4.78 is 31.8. The highest BCUT2D eigenvalue weighted by atomic mass is 32.2. The molecule has 12 heteroatoms. The van der Waals surface area contributed by atoms with Gasteiger partial charge in [-0.3, -0.25) is 29.4 Å². The third-order valence-electron chi connectivity index (χ3n) is 5.29. The Balaban J connectivity index is 1.28. The van der Waals surface area contributed by atoms with E-state index in [1.165, 1.54) is 29.2 Å². The molecule has 0 bridgehead atoms. The molecule has 1 fully saturated rings. The van der Waals surface area contributed by atoms with Crippen molar-refractivity contribution in [2.45, 2.75) is 17.7 Å². The van der Waals surface area contributed by atoms with Gasteiger partial charge < -0.3 is 9.64 Å². The SMILES string of the molecule is O=C(OCCCN=C1NS(=O)(=O)c2ccccc21)[C@H]1CC(=O)N(c2cccc([N+](=O)[O-])c2)C1. The third kappa shape index (κ3) is 4.70. The summed E-state index contributed by atoms with van der Waals surface area (Å²) in [7, 11) is -3.60. The monoisotopic (exact) mass is 472 g/mol. The molecule has 2 aliphatic rings. The number of rotatable bonds is 7. The highest BCUT2D eigenvalue weighted by molar-refractivity contribution is 7.90. The predicted molar refractivity (Wildman–Crippen MR) is 117 cm³/mol. The van der Waals surface area contributed by atoms with E-state index in [0.717, 1.165) is 0 Å². The molecule has 1 saturated heterocycles. The number of amides is 1. The molecule has 0 unspecified atom stereocenters. The van der Waals surface area contributed by atoms with Crippen LogP contribution < -0.4 is 9.62 Å². The first-order valence-corrected chi connectivity index (χ1v) is 11.6. The van der Waals surface area contributed by atoms with E-state index in [2.05, 4.69) is 9.71 Å². The highest BCUT2D eigenvalue weighted by Gasteiger charge is 2.36. The van der Waals surface area contributed by atoms with Gasteiger partial charge in [-0.15, -0.1) is 0 Å². The molecule has 2 aromatic carbocycles. The Labute approximate surface area is 189 Å². The van der Waals surface area contributed by atoms with E-state index >= 15 is 0 Å². The van der Waals surface area contributed by atoms with Gasteiger partial charge in [0.2, 0.25) is 5.91 Å². The second-order valence-electron chi connectivity index (χ2n) is 7.54. The minimum Gasteiger partial charge on any atom is -0.465 e. The molecule has 11 nitrogen and oxygen atoms in total. The number of hydrogen-bond acceptors (Lipinski definition) is 8. The van der Waals surface area contributed by atoms with Gasteiger partial charge in [0.1, 0.15) is 5.84 Å². The lowest BCUT2D eigenvalue weighted by atomic mass is 10.1. The van der Waals surface area contributed by atoms with E-state index in [4.69, 9.17) is 4.74 Å². The number of anilines is 1. The van der Waals surface area contributed by atoms with Crippen molar-refractivity contribution in [3.05, 3.63) is 64.2 Å². The van der Waals surface area contributed by atoms with Gasteiger partial charge in [-0.2, -0.15) is 0 Å². The molecule has 2 aliphatic heterocycles. The van der Waals surface area contributed by atoms with Gasteiger partial charge in [0.05, 0.1) is 28.0 Å². The predicted octanol–water partition coefficient (Wildman–Crippen LogP) is 1.62. The minimum atomic E-state index is -3.60. The Morgan fingerprint density at radius 1 is 1.24 bits per heavy atom. The summed E-state index contributed by atoms with van der Waals surface area (Å²) in [5.41, 5.74) is 0.722. The molecule has 4 rings (SSSR count). The molecule has 0 aliphatic carbocycles. The number of fused-ring (bicyclic) bond motifs is 1. The molecule has 0 spiro atoms. The lowest BCUT2D eigenvalue weighted by Crippen LogP contribution is -2.26. The van der Waals surface area contributed by atoms with Crippen LogP contribution in [-0.2, 0) is 24.3 Å². The van der Waals surface area contributed by atoms with Crippen LogP contribution in [0.25, 0.3) is 0 Å². The van der Waals surface area contributed by atoms with Crippen LogP contribution in [0.2, 0.25) is 0 Å². The van der Waals surface area contributed by atoms with E-state index in [1.54, 1.807) is 24.3 Å². The second kappa shape index (κ2) is 8.98. The molecule has 0 saturated carbocycles. The Kier molecular flexibility index (Phi) is 6.09. The maximum absolute atomic E-state index is 12.4. The van der Waals surface area contributed by atoms with Crippen LogP contribution >= 0.6 is 0 Å². The van der Waals surface area contributed by atoms with Crippen molar-refractivity contribution in [1.29, 1.82) is 0 Å². The van der Waals surface area contributed by atoms with Gasteiger partial charge >= 0.3 is 5.97 Å². The van der Waals surface area contributed by atoms with Crippen molar-refractivity contribution in [2.75, 3.05) is 24.6 Å². The summed E-state index contributed by atoms with van der Waals surface area (Å²) in [6, 6.07) is 12.2. The lowest BCUT2D eigenvalue weighted by Gasteiger charge is -2.16. The van der Waals surface area contributed by atoms with E-state index < -0.39 is 26.8 Å². The lowest BCUT2D eigenvalue weighted by molar-refractivity contribution is -0.384. The van der Waals surface area contributed by atoms with Crippen molar-refractivity contribution in [3.63, 3.8) is 0 Å². The molecule has 1 amide bonds. The first-order valence-electron chi connectivity index (χ1n) is 10.1. The Morgan fingerprint density at radius 2 is 2.03 bits per heavy atom. The number of amidine groups is 1. The van der Waals surface area contributed by atoms with Gasteiger partial charge in [0.25, 0.3) is 15.7 Å². The number of nitrogens with zero attached hydrogens (tertiary/aromatic N) is 3. The van der Waals surface area contributed by atoms with Crippen LogP contribution in [0.4, 0.5) is 11.4 Å². The number of benzene rings is 2. The summed E-state index contributed by atoms with van der Waals surface area (Å²) >= 11 is 0. The Morgan fingerprint density at radius 3 is 2.82 bits per heavy atom. The molecular formula is C21H20N4O7S. The molecule has 172 valence electrons. The zero-order chi connectivity index (χ0) is 23.6. The van der Waals surface area contributed by atoms with Gasteiger partial charge in [0, 0.05) is 43.6 Å². The number of carbonyl (C=O) groups excluding carboxylic acids is 2. The molecule has 33 heavy (non-hydrogen) atoms. The van der Waals surface area contributed by atoms with E-state index in [0.29, 0.717) is 17.7 Å². The average Bonchev–Trinajstić information content (AvgIpc) is 3.31. The highest BCUT2D eigenvalue weighted by Crippen LogP contribution is 2.28. The molecule has 2 heterocycles. The summed E-state index contributed by atoms with van der Waals surface area (Å²) in [6.45, 7) is 0.383. The topological polar surface area (TPSA) is 148 Å². The summed E-state index contributed by atoms with van der Waals surface area (Å²) in [4.78, 5) is 40.9. The smallest absolute Gasteiger partial charge is 0.311 e. The Hall–Kier alpha value is -3.80. The van der Waals surface area contributed by atoms with Gasteiger partial charge in [0.15, 0.2) is 0 Å². The Bertz CT molecular complexity index is 1260. The number of nitro groups is 1. The van der Waals surface area contributed by atoms with Crippen LogP contribution in [0.3, 0.4) is 0 Å².